The Hall–Kier alpha value is -3.52. The average Bonchev–Trinajstić information content (AvgIpc) is 3.30. The van der Waals surface area contributed by atoms with Crippen molar-refractivity contribution in [2.75, 3.05) is 12.3 Å². The van der Waals surface area contributed by atoms with E-state index in [4.69, 9.17) is 5.73 Å². The second-order valence-corrected chi connectivity index (χ2v) is 7.35. The predicted octanol–water partition coefficient (Wildman–Crippen LogP) is 1.98. The molecule has 8 heteroatoms. The van der Waals surface area contributed by atoms with E-state index in [1.807, 2.05) is 35.4 Å². The number of aromatic nitrogens is 4. The minimum atomic E-state index is -0.169. The minimum absolute atomic E-state index is 0.130. The second kappa shape index (κ2) is 7.14. The summed E-state index contributed by atoms with van der Waals surface area (Å²) in [5, 5.41) is 5.33. The van der Waals surface area contributed by atoms with E-state index in [1.165, 1.54) is 6.33 Å². The monoisotopic (exact) mass is 387 g/mol. The first kappa shape index (κ1) is 17.6. The van der Waals surface area contributed by atoms with Crippen molar-refractivity contribution < 1.29 is 4.79 Å². The third kappa shape index (κ3) is 3.38. The summed E-state index contributed by atoms with van der Waals surface area (Å²) >= 11 is 0. The van der Waals surface area contributed by atoms with E-state index in [1.54, 1.807) is 6.20 Å². The van der Waals surface area contributed by atoms with E-state index in [0.29, 0.717) is 18.9 Å². The van der Waals surface area contributed by atoms with Crippen molar-refractivity contribution in [3.8, 4) is 0 Å². The van der Waals surface area contributed by atoms with Crippen LogP contribution < -0.4 is 11.1 Å². The summed E-state index contributed by atoms with van der Waals surface area (Å²) in [6.45, 7) is 1.91. The van der Waals surface area contributed by atoms with Gasteiger partial charge in [-0.25, -0.2) is 9.97 Å². The smallest absolute Gasteiger partial charge is 0.240 e. The number of nitrogens with zero attached hydrogens (tertiary/aromatic N) is 4. The molecule has 1 aromatic carbocycles. The molecule has 1 amide bonds. The highest BCUT2D eigenvalue weighted by Crippen LogP contribution is 2.21. The van der Waals surface area contributed by atoms with Gasteiger partial charge in [-0.3, -0.25) is 9.78 Å². The van der Waals surface area contributed by atoms with Crippen LogP contribution in [-0.2, 0) is 17.9 Å². The standard InChI is InChI=1S/C21H21N7O/c22-20-16-2-1-13(7-18(16)25-12-26-20)11-28-6-4-17(21(28)29)24-9-15-8-14-3-5-23-10-19(14)27-15/h1-3,5,7-8,10,12,17,24,27H,4,6,9,11H2,(H2,22,25,26). The van der Waals surface area contributed by atoms with Gasteiger partial charge in [-0.05, 0) is 36.2 Å². The fourth-order valence-electron chi connectivity index (χ4n) is 3.89. The second-order valence-electron chi connectivity index (χ2n) is 7.35. The molecule has 0 saturated carbocycles. The summed E-state index contributed by atoms with van der Waals surface area (Å²) in [6, 6.07) is 9.76. The lowest BCUT2D eigenvalue weighted by atomic mass is 10.1. The number of aromatic amines is 1. The van der Waals surface area contributed by atoms with Gasteiger partial charge >= 0.3 is 0 Å². The van der Waals surface area contributed by atoms with Crippen molar-refractivity contribution >= 4 is 33.5 Å². The van der Waals surface area contributed by atoms with E-state index in [-0.39, 0.29) is 11.9 Å². The van der Waals surface area contributed by atoms with Crippen LogP contribution in [0, 0.1) is 0 Å². The highest BCUT2D eigenvalue weighted by Gasteiger charge is 2.31. The Morgan fingerprint density at radius 3 is 3.07 bits per heavy atom. The van der Waals surface area contributed by atoms with Crippen molar-refractivity contribution in [3.63, 3.8) is 0 Å². The van der Waals surface area contributed by atoms with Gasteiger partial charge < -0.3 is 20.9 Å². The molecule has 1 unspecified atom stereocenters. The maximum Gasteiger partial charge on any atom is 0.240 e. The lowest BCUT2D eigenvalue weighted by molar-refractivity contribution is -0.129. The Balaban J connectivity index is 1.24. The first-order valence-corrected chi connectivity index (χ1v) is 9.60. The van der Waals surface area contributed by atoms with Gasteiger partial charge in [0.05, 0.1) is 23.3 Å². The molecule has 4 aromatic rings. The number of carbonyl (C=O) groups excluding carboxylic acids is 1. The molecule has 0 radical (unpaired) electrons. The van der Waals surface area contributed by atoms with E-state index >= 15 is 0 Å². The fraction of sp³-hybridized carbons (Fsp3) is 0.238. The van der Waals surface area contributed by atoms with Crippen molar-refractivity contribution in [2.45, 2.75) is 25.6 Å². The van der Waals surface area contributed by atoms with E-state index in [9.17, 15) is 4.79 Å². The third-order valence-corrected chi connectivity index (χ3v) is 5.42. The van der Waals surface area contributed by atoms with Crippen molar-refractivity contribution in [1.29, 1.82) is 0 Å². The number of pyridine rings is 1. The van der Waals surface area contributed by atoms with Gasteiger partial charge in [0, 0.05) is 42.3 Å². The number of nitrogens with two attached hydrogens (primary N) is 1. The van der Waals surface area contributed by atoms with Gasteiger partial charge in [0.15, 0.2) is 0 Å². The van der Waals surface area contributed by atoms with Crippen LogP contribution >= 0.6 is 0 Å². The quantitative estimate of drug-likeness (QED) is 0.483. The molecule has 4 N–H and O–H groups in total. The molecule has 0 aliphatic carbocycles. The molecule has 8 nitrogen and oxygen atoms in total. The lowest BCUT2D eigenvalue weighted by Crippen LogP contribution is -2.37. The zero-order chi connectivity index (χ0) is 19.8. The Morgan fingerprint density at radius 1 is 1.24 bits per heavy atom. The largest absolute Gasteiger partial charge is 0.383 e. The number of nitrogens with one attached hydrogen (secondary N) is 2. The molecule has 3 aromatic heterocycles. The summed E-state index contributed by atoms with van der Waals surface area (Å²) in [6.07, 6.45) is 5.84. The van der Waals surface area contributed by atoms with Gasteiger partial charge in [0.2, 0.25) is 5.91 Å². The number of nitrogen functional groups attached to an aromatic ring is 1. The average molecular weight is 387 g/mol. The molecule has 0 bridgehead atoms. The predicted molar refractivity (Wildman–Crippen MR) is 111 cm³/mol. The van der Waals surface area contributed by atoms with Gasteiger partial charge in [-0.15, -0.1) is 0 Å². The number of amides is 1. The van der Waals surface area contributed by atoms with Crippen LogP contribution in [0.2, 0.25) is 0 Å². The summed E-state index contributed by atoms with van der Waals surface area (Å²) in [5.74, 6) is 0.598. The zero-order valence-electron chi connectivity index (χ0n) is 15.8. The van der Waals surface area contributed by atoms with Crippen molar-refractivity contribution in [2.24, 2.45) is 0 Å². The normalized spacial score (nSPS) is 16.9. The van der Waals surface area contributed by atoms with Gasteiger partial charge in [0.1, 0.15) is 12.1 Å². The van der Waals surface area contributed by atoms with Crippen molar-refractivity contribution in [3.05, 3.63) is 60.3 Å². The van der Waals surface area contributed by atoms with Crippen LogP contribution in [-0.4, -0.2) is 43.3 Å². The Morgan fingerprint density at radius 2 is 2.17 bits per heavy atom. The highest BCUT2D eigenvalue weighted by molar-refractivity contribution is 5.88. The van der Waals surface area contributed by atoms with E-state index in [0.717, 1.165) is 46.0 Å². The van der Waals surface area contributed by atoms with Crippen LogP contribution in [0.4, 0.5) is 5.82 Å². The number of rotatable bonds is 5. The zero-order valence-corrected chi connectivity index (χ0v) is 15.8. The molecule has 146 valence electrons. The number of carbonyl (C=O) groups is 1. The molecule has 29 heavy (non-hydrogen) atoms. The number of likely N-dealkylation sites (tertiary alicyclic amines) is 1. The lowest BCUT2D eigenvalue weighted by Gasteiger charge is -2.17. The number of hydrogen-bond acceptors (Lipinski definition) is 6. The number of H-pyrrole nitrogens is 1. The molecule has 0 spiro atoms. The Labute approximate surface area is 167 Å². The first-order chi connectivity index (χ1) is 14.2. The molecule has 1 aliphatic rings. The summed E-state index contributed by atoms with van der Waals surface area (Å²) in [7, 11) is 0. The van der Waals surface area contributed by atoms with Crippen LogP contribution in [0.25, 0.3) is 21.8 Å². The first-order valence-electron chi connectivity index (χ1n) is 9.60. The highest BCUT2D eigenvalue weighted by atomic mass is 16.2. The van der Waals surface area contributed by atoms with Crippen LogP contribution in [0.1, 0.15) is 17.7 Å². The topological polar surface area (TPSA) is 113 Å². The Kier molecular flexibility index (Phi) is 4.33. The van der Waals surface area contributed by atoms with Crippen LogP contribution in [0.15, 0.2) is 49.1 Å². The SMILES string of the molecule is Nc1ncnc2cc(CN3CCC(NCc4cc5ccncc5[nH]4)C3=O)ccc12. The molecule has 5 rings (SSSR count). The summed E-state index contributed by atoms with van der Waals surface area (Å²) < 4.78 is 0. The number of hydrogen-bond donors (Lipinski definition) is 3. The van der Waals surface area contributed by atoms with Gasteiger partial charge in [-0.1, -0.05) is 6.07 Å². The number of fused-ring (bicyclic) bond motifs is 2. The van der Waals surface area contributed by atoms with Crippen LogP contribution in [0.5, 0.6) is 0 Å². The molecule has 1 atom stereocenters. The summed E-state index contributed by atoms with van der Waals surface area (Å²) in [4.78, 5) is 30.4. The molecule has 1 fully saturated rings. The van der Waals surface area contributed by atoms with Gasteiger partial charge in [-0.2, -0.15) is 0 Å². The van der Waals surface area contributed by atoms with Crippen molar-refractivity contribution in [1.82, 2.24) is 30.2 Å². The Bertz CT molecular complexity index is 1170. The van der Waals surface area contributed by atoms with Crippen LogP contribution in [0.3, 0.4) is 0 Å². The molecular weight excluding hydrogens is 366 g/mol. The maximum absolute atomic E-state index is 12.8. The summed E-state index contributed by atoms with van der Waals surface area (Å²) in [5.41, 5.74) is 9.77. The van der Waals surface area contributed by atoms with E-state index in [2.05, 4.69) is 31.3 Å². The minimum Gasteiger partial charge on any atom is -0.383 e. The third-order valence-electron chi connectivity index (χ3n) is 5.42. The fourth-order valence-corrected chi connectivity index (χ4v) is 3.89. The number of benzene rings is 1. The molecule has 4 heterocycles. The molecule has 1 aliphatic heterocycles. The maximum atomic E-state index is 12.8. The molecular formula is C21H21N7O. The molecule has 1 saturated heterocycles. The number of anilines is 1. The van der Waals surface area contributed by atoms with Gasteiger partial charge in [0.25, 0.3) is 0 Å². The van der Waals surface area contributed by atoms with E-state index < -0.39 is 0 Å².